The van der Waals surface area contributed by atoms with Crippen molar-refractivity contribution in [3.8, 4) is 0 Å². The Hall–Kier alpha value is -1.78. The van der Waals surface area contributed by atoms with Gasteiger partial charge in [-0.3, -0.25) is 9.36 Å². The van der Waals surface area contributed by atoms with Crippen molar-refractivity contribution in [3.05, 3.63) is 29.3 Å². The lowest BCUT2D eigenvalue weighted by Crippen LogP contribution is -2.01. The molecular formula is C13H21N5. The first-order valence-corrected chi connectivity index (χ1v) is 6.26. The van der Waals surface area contributed by atoms with Crippen LogP contribution >= 0.6 is 0 Å². The van der Waals surface area contributed by atoms with Crippen LogP contribution in [0.2, 0.25) is 0 Å². The number of nitrogens with zero attached hydrogens (tertiary/aromatic N) is 4. The molecule has 2 aromatic rings. The van der Waals surface area contributed by atoms with Crippen molar-refractivity contribution in [2.24, 2.45) is 7.05 Å². The predicted octanol–water partition coefficient (Wildman–Crippen LogP) is 2.43. The maximum Gasteiger partial charge on any atom is 0.0825 e. The van der Waals surface area contributed by atoms with E-state index in [0.717, 1.165) is 23.6 Å². The normalized spacial score (nSPS) is 11.2. The first-order chi connectivity index (χ1) is 8.47. The Labute approximate surface area is 108 Å². The Kier molecular flexibility index (Phi) is 3.41. The van der Waals surface area contributed by atoms with Gasteiger partial charge in [-0.15, -0.1) is 0 Å². The van der Waals surface area contributed by atoms with E-state index in [1.807, 2.05) is 36.5 Å². The van der Waals surface area contributed by atoms with Gasteiger partial charge in [0.1, 0.15) is 0 Å². The molecule has 2 heterocycles. The van der Waals surface area contributed by atoms with Gasteiger partial charge in [-0.2, -0.15) is 10.2 Å². The second kappa shape index (κ2) is 4.84. The summed E-state index contributed by atoms with van der Waals surface area (Å²) in [5.74, 6) is 0. The standard InChI is InChI=1S/C13H21N5/c1-9(2)18-7-12(10(3)16-18)6-14-13-8-17(5)15-11(13)4/h7-9,14H,6H2,1-5H3. The van der Waals surface area contributed by atoms with Gasteiger partial charge in [-0.05, 0) is 27.7 Å². The monoisotopic (exact) mass is 247 g/mol. The highest BCUT2D eigenvalue weighted by Crippen LogP contribution is 2.15. The molecule has 2 aromatic heterocycles. The van der Waals surface area contributed by atoms with Crippen molar-refractivity contribution in [3.63, 3.8) is 0 Å². The fourth-order valence-electron chi connectivity index (χ4n) is 1.92. The molecule has 18 heavy (non-hydrogen) atoms. The zero-order chi connectivity index (χ0) is 13.3. The topological polar surface area (TPSA) is 47.7 Å². The second-order valence-corrected chi connectivity index (χ2v) is 4.97. The average molecular weight is 247 g/mol. The first-order valence-electron chi connectivity index (χ1n) is 6.26. The average Bonchev–Trinajstić information content (AvgIpc) is 2.79. The Morgan fingerprint density at radius 2 is 1.89 bits per heavy atom. The number of aromatic nitrogens is 4. The molecule has 0 amide bonds. The van der Waals surface area contributed by atoms with E-state index in [0.29, 0.717) is 6.04 Å². The maximum absolute atomic E-state index is 4.51. The Bertz CT molecular complexity index is 536. The summed E-state index contributed by atoms with van der Waals surface area (Å²) in [4.78, 5) is 0. The van der Waals surface area contributed by atoms with Crippen LogP contribution in [0.25, 0.3) is 0 Å². The number of anilines is 1. The smallest absolute Gasteiger partial charge is 0.0825 e. The van der Waals surface area contributed by atoms with E-state index in [1.165, 1.54) is 5.56 Å². The van der Waals surface area contributed by atoms with Gasteiger partial charge >= 0.3 is 0 Å². The minimum absolute atomic E-state index is 0.401. The highest BCUT2D eigenvalue weighted by Gasteiger charge is 2.08. The molecule has 98 valence electrons. The van der Waals surface area contributed by atoms with Crippen LogP contribution in [-0.2, 0) is 13.6 Å². The van der Waals surface area contributed by atoms with Gasteiger partial charge in [0.2, 0.25) is 0 Å². The third-order valence-electron chi connectivity index (χ3n) is 3.03. The number of nitrogens with one attached hydrogen (secondary N) is 1. The largest absolute Gasteiger partial charge is 0.378 e. The van der Waals surface area contributed by atoms with E-state index >= 15 is 0 Å². The Morgan fingerprint density at radius 3 is 2.39 bits per heavy atom. The highest BCUT2D eigenvalue weighted by atomic mass is 15.3. The molecule has 0 aliphatic rings. The number of hydrogen-bond acceptors (Lipinski definition) is 3. The van der Waals surface area contributed by atoms with Gasteiger partial charge in [0.15, 0.2) is 0 Å². The summed E-state index contributed by atoms with van der Waals surface area (Å²) in [7, 11) is 1.93. The molecule has 0 saturated carbocycles. The fourth-order valence-corrected chi connectivity index (χ4v) is 1.92. The van der Waals surface area contributed by atoms with Gasteiger partial charge in [-0.1, -0.05) is 0 Å². The summed E-state index contributed by atoms with van der Waals surface area (Å²) in [5, 5.41) is 12.2. The van der Waals surface area contributed by atoms with Crippen molar-refractivity contribution in [2.45, 2.75) is 40.3 Å². The van der Waals surface area contributed by atoms with Gasteiger partial charge < -0.3 is 5.32 Å². The molecular weight excluding hydrogens is 226 g/mol. The quantitative estimate of drug-likeness (QED) is 0.902. The summed E-state index contributed by atoms with van der Waals surface area (Å²) in [5.41, 5.74) is 4.41. The van der Waals surface area contributed by atoms with Crippen LogP contribution in [0.4, 0.5) is 5.69 Å². The van der Waals surface area contributed by atoms with Crippen LogP contribution in [0.1, 0.15) is 36.8 Å². The van der Waals surface area contributed by atoms with Crippen molar-refractivity contribution in [2.75, 3.05) is 5.32 Å². The molecule has 5 heteroatoms. The van der Waals surface area contributed by atoms with Crippen molar-refractivity contribution >= 4 is 5.69 Å². The molecule has 0 atom stereocenters. The molecule has 0 saturated heterocycles. The van der Waals surface area contributed by atoms with E-state index in [9.17, 15) is 0 Å². The van der Waals surface area contributed by atoms with Crippen LogP contribution in [0, 0.1) is 13.8 Å². The molecule has 0 spiro atoms. The summed E-state index contributed by atoms with van der Waals surface area (Å²) >= 11 is 0. The number of aryl methyl sites for hydroxylation is 3. The fraction of sp³-hybridized carbons (Fsp3) is 0.538. The molecule has 0 unspecified atom stereocenters. The molecule has 0 fully saturated rings. The van der Waals surface area contributed by atoms with Crippen molar-refractivity contribution < 1.29 is 0 Å². The highest BCUT2D eigenvalue weighted by molar-refractivity contribution is 5.46. The van der Waals surface area contributed by atoms with Crippen LogP contribution < -0.4 is 5.32 Å². The van der Waals surface area contributed by atoms with E-state index in [2.05, 4.69) is 35.6 Å². The zero-order valence-corrected chi connectivity index (χ0v) is 11.7. The third-order valence-corrected chi connectivity index (χ3v) is 3.03. The number of hydrogen-bond donors (Lipinski definition) is 1. The van der Waals surface area contributed by atoms with Gasteiger partial charge in [-0.25, -0.2) is 0 Å². The predicted molar refractivity (Wildman–Crippen MR) is 72.6 cm³/mol. The minimum atomic E-state index is 0.401. The lowest BCUT2D eigenvalue weighted by atomic mass is 10.2. The Balaban J connectivity index is 2.08. The molecule has 0 aliphatic heterocycles. The van der Waals surface area contributed by atoms with Gasteiger partial charge in [0.05, 0.1) is 17.1 Å². The minimum Gasteiger partial charge on any atom is -0.378 e. The van der Waals surface area contributed by atoms with Crippen LogP contribution in [-0.4, -0.2) is 19.6 Å². The first kappa shape index (κ1) is 12.7. The lowest BCUT2D eigenvalue weighted by Gasteiger charge is -2.04. The molecule has 0 bridgehead atoms. The molecule has 1 N–H and O–H groups in total. The molecule has 0 aliphatic carbocycles. The molecule has 0 radical (unpaired) electrons. The van der Waals surface area contributed by atoms with Crippen molar-refractivity contribution in [1.29, 1.82) is 0 Å². The summed E-state index contributed by atoms with van der Waals surface area (Å²) in [6, 6.07) is 0.401. The van der Waals surface area contributed by atoms with Gasteiger partial charge in [0, 0.05) is 37.6 Å². The van der Waals surface area contributed by atoms with Crippen LogP contribution in [0.3, 0.4) is 0 Å². The van der Waals surface area contributed by atoms with E-state index < -0.39 is 0 Å². The lowest BCUT2D eigenvalue weighted by molar-refractivity contribution is 0.529. The van der Waals surface area contributed by atoms with E-state index in [-0.39, 0.29) is 0 Å². The van der Waals surface area contributed by atoms with Crippen LogP contribution in [0.5, 0.6) is 0 Å². The third kappa shape index (κ3) is 2.55. The summed E-state index contributed by atoms with van der Waals surface area (Å²) in [6.45, 7) is 9.10. The number of rotatable bonds is 4. The maximum atomic E-state index is 4.51. The summed E-state index contributed by atoms with van der Waals surface area (Å²) < 4.78 is 3.82. The van der Waals surface area contributed by atoms with Gasteiger partial charge in [0.25, 0.3) is 0 Å². The van der Waals surface area contributed by atoms with Crippen molar-refractivity contribution in [1.82, 2.24) is 19.6 Å². The SMILES string of the molecule is Cc1nn(C(C)C)cc1CNc1cn(C)nc1C. The summed E-state index contributed by atoms with van der Waals surface area (Å²) in [6.07, 6.45) is 4.11. The van der Waals surface area contributed by atoms with E-state index in [1.54, 1.807) is 0 Å². The van der Waals surface area contributed by atoms with E-state index in [4.69, 9.17) is 0 Å². The Morgan fingerprint density at radius 1 is 1.17 bits per heavy atom. The molecule has 2 rings (SSSR count). The second-order valence-electron chi connectivity index (χ2n) is 4.97. The molecule has 0 aromatic carbocycles. The molecule has 5 nitrogen and oxygen atoms in total. The zero-order valence-electron chi connectivity index (χ0n) is 11.7. The van der Waals surface area contributed by atoms with Crippen LogP contribution in [0.15, 0.2) is 12.4 Å².